The van der Waals surface area contributed by atoms with Crippen LogP contribution in [0.5, 0.6) is 0 Å². The lowest BCUT2D eigenvalue weighted by Gasteiger charge is -2.31. The molecule has 0 saturated carbocycles. The van der Waals surface area contributed by atoms with E-state index in [4.69, 9.17) is 5.73 Å². The number of likely N-dealkylation sites (tertiary alicyclic amines) is 1. The SMILES string of the molecule is C[C@H](N)C(=O)N1CCCCCC1c1ccccc1.Cl. The summed E-state index contributed by atoms with van der Waals surface area (Å²) in [5.41, 5.74) is 7.00. The fourth-order valence-corrected chi connectivity index (χ4v) is 2.66. The molecular formula is C15H23ClN2O. The molecule has 1 fully saturated rings. The van der Waals surface area contributed by atoms with E-state index in [1.807, 2.05) is 23.1 Å². The molecule has 1 aliphatic rings. The second kappa shape index (κ2) is 7.51. The maximum Gasteiger partial charge on any atom is 0.239 e. The molecule has 1 aliphatic heterocycles. The number of amides is 1. The molecule has 1 saturated heterocycles. The van der Waals surface area contributed by atoms with E-state index in [9.17, 15) is 4.79 Å². The van der Waals surface area contributed by atoms with Gasteiger partial charge >= 0.3 is 0 Å². The van der Waals surface area contributed by atoms with Crippen molar-refractivity contribution in [2.75, 3.05) is 6.54 Å². The lowest BCUT2D eigenvalue weighted by molar-refractivity contribution is -0.134. The Hall–Kier alpha value is -1.06. The Bertz CT molecular complexity index is 394. The third-order valence-corrected chi connectivity index (χ3v) is 3.61. The van der Waals surface area contributed by atoms with E-state index in [2.05, 4.69) is 12.1 Å². The van der Waals surface area contributed by atoms with Crippen LogP contribution in [0.1, 0.15) is 44.2 Å². The van der Waals surface area contributed by atoms with Gasteiger partial charge < -0.3 is 10.6 Å². The molecule has 2 N–H and O–H groups in total. The molecule has 1 aromatic rings. The van der Waals surface area contributed by atoms with Gasteiger partial charge in [0.25, 0.3) is 0 Å². The van der Waals surface area contributed by atoms with Crippen LogP contribution in [0.2, 0.25) is 0 Å². The molecule has 0 spiro atoms. The van der Waals surface area contributed by atoms with Crippen LogP contribution in [-0.4, -0.2) is 23.4 Å². The van der Waals surface area contributed by atoms with Crippen molar-refractivity contribution in [3.63, 3.8) is 0 Å². The van der Waals surface area contributed by atoms with Gasteiger partial charge in [-0.25, -0.2) is 0 Å². The fourth-order valence-electron chi connectivity index (χ4n) is 2.66. The van der Waals surface area contributed by atoms with E-state index in [0.717, 1.165) is 19.4 Å². The van der Waals surface area contributed by atoms with E-state index in [0.29, 0.717) is 0 Å². The normalized spacial score (nSPS) is 21.2. The second-order valence-electron chi connectivity index (χ2n) is 5.10. The molecule has 0 radical (unpaired) electrons. The zero-order valence-electron chi connectivity index (χ0n) is 11.4. The lowest BCUT2D eigenvalue weighted by Crippen LogP contribution is -2.44. The number of benzene rings is 1. The summed E-state index contributed by atoms with van der Waals surface area (Å²) in [6.45, 7) is 2.61. The molecule has 0 aromatic heterocycles. The summed E-state index contributed by atoms with van der Waals surface area (Å²) in [6, 6.07) is 10.1. The van der Waals surface area contributed by atoms with Crippen molar-refractivity contribution in [1.82, 2.24) is 4.90 Å². The summed E-state index contributed by atoms with van der Waals surface area (Å²) in [7, 11) is 0. The largest absolute Gasteiger partial charge is 0.334 e. The molecule has 1 heterocycles. The summed E-state index contributed by atoms with van der Waals surface area (Å²) in [5.74, 6) is 0.0748. The molecule has 1 amide bonds. The minimum absolute atomic E-state index is 0. The number of halogens is 1. The van der Waals surface area contributed by atoms with Gasteiger partial charge in [-0.3, -0.25) is 4.79 Å². The van der Waals surface area contributed by atoms with Crippen LogP contribution in [0.3, 0.4) is 0 Å². The van der Waals surface area contributed by atoms with Gasteiger partial charge in [-0.2, -0.15) is 0 Å². The van der Waals surface area contributed by atoms with Crippen LogP contribution in [0, 0.1) is 0 Å². The minimum atomic E-state index is -0.408. The Morgan fingerprint density at radius 2 is 1.95 bits per heavy atom. The monoisotopic (exact) mass is 282 g/mol. The Balaban J connectivity index is 0.00000180. The highest BCUT2D eigenvalue weighted by molar-refractivity contribution is 5.85. The molecular weight excluding hydrogens is 260 g/mol. The maximum atomic E-state index is 12.2. The first kappa shape index (κ1) is 16.0. The first-order valence-corrected chi connectivity index (χ1v) is 6.81. The molecule has 0 bridgehead atoms. The summed E-state index contributed by atoms with van der Waals surface area (Å²) >= 11 is 0. The number of hydrogen-bond donors (Lipinski definition) is 1. The summed E-state index contributed by atoms with van der Waals surface area (Å²) < 4.78 is 0. The number of nitrogens with zero attached hydrogens (tertiary/aromatic N) is 1. The van der Waals surface area contributed by atoms with Gasteiger partial charge in [0.05, 0.1) is 12.1 Å². The highest BCUT2D eigenvalue weighted by atomic mass is 35.5. The highest BCUT2D eigenvalue weighted by Crippen LogP contribution is 2.30. The number of rotatable bonds is 2. The first-order chi connectivity index (χ1) is 8.70. The Kier molecular flexibility index (Phi) is 6.32. The van der Waals surface area contributed by atoms with E-state index >= 15 is 0 Å². The standard InChI is InChI=1S/C15H22N2O.ClH/c1-12(16)15(18)17-11-7-3-6-10-14(17)13-8-4-2-5-9-13;/h2,4-5,8-9,12,14H,3,6-7,10-11,16H2,1H3;1H/t12-,14?;/m0./s1. The minimum Gasteiger partial charge on any atom is -0.334 e. The third-order valence-electron chi connectivity index (χ3n) is 3.61. The van der Waals surface area contributed by atoms with Gasteiger partial charge in [-0.15, -0.1) is 12.4 Å². The maximum absolute atomic E-state index is 12.2. The van der Waals surface area contributed by atoms with Crippen molar-refractivity contribution in [2.24, 2.45) is 5.73 Å². The molecule has 106 valence electrons. The van der Waals surface area contributed by atoms with E-state index < -0.39 is 6.04 Å². The van der Waals surface area contributed by atoms with Crippen LogP contribution in [0.4, 0.5) is 0 Å². The Morgan fingerprint density at radius 3 is 2.58 bits per heavy atom. The van der Waals surface area contributed by atoms with E-state index in [1.54, 1.807) is 6.92 Å². The van der Waals surface area contributed by atoms with Gasteiger partial charge in [0.1, 0.15) is 0 Å². The lowest BCUT2D eigenvalue weighted by atomic mass is 10.0. The zero-order chi connectivity index (χ0) is 13.0. The van der Waals surface area contributed by atoms with Crippen LogP contribution < -0.4 is 5.73 Å². The number of nitrogens with two attached hydrogens (primary N) is 1. The van der Waals surface area contributed by atoms with Gasteiger partial charge in [0.15, 0.2) is 0 Å². The number of hydrogen-bond acceptors (Lipinski definition) is 2. The summed E-state index contributed by atoms with van der Waals surface area (Å²) in [6.07, 6.45) is 4.51. The van der Waals surface area contributed by atoms with Gasteiger partial charge in [-0.1, -0.05) is 43.2 Å². The van der Waals surface area contributed by atoms with Crippen molar-refractivity contribution in [1.29, 1.82) is 0 Å². The van der Waals surface area contributed by atoms with Crippen molar-refractivity contribution in [3.05, 3.63) is 35.9 Å². The third kappa shape index (κ3) is 3.95. The number of carbonyl (C=O) groups is 1. The van der Waals surface area contributed by atoms with E-state index in [-0.39, 0.29) is 24.4 Å². The highest BCUT2D eigenvalue weighted by Gasteiger charge is 2.27. The first-order valence-electron chi connectivity index (χ1n) is 6.81. The van der Waals surface area contributed by atoms with Crippen LogP contribution in [0.15, 0.2) is 30.3 Å². The van der Waals surface area contributed by atoms with Crippen molar-refractivity contribution in [2.45, 2.75) is 44.7 Å². The van der Waals surface area contributed by atoms with Crippen LogP contribution >= 0.6 is 12.4 Å². The molecule has 3 nitrogen and oxygen atoms in total. The molecule has 0 aliphatic carbocycles. The van der Waals surface area contributed by atoms with Crippen LogP contribution in [-0.2, 0) is 4.79 Å². The second-order valence-corrected chi connectivity index (χ2v) is 5.10. The molecule has 19 heavy (non-hydrogen) atoms. The number of carbonyl (C=O) groups excluding carboxylic acids is 1. The Labute approximate surface area is 121 Å². The van der Waals surface area contributed by atoms with Gasteiger partial charge in [0, 0.05) is 6.54 Å². The molecule has 2 rings (SSSR count). The molecule has 4 heteroatoms. The molecule has 1 unspecified atom stereocenters. The zero-order valence-corrected chi connectivity index (χ0v) is 12.2. The summed E-state index contributed by atoms with van der Waals surface area (Å²) in [4.78, 5) is 14.2. The smallest absolute Gasteiger partial charge is 0.239 e. The molecule has 1 aromatic carbocycles. The predicted molar refractivity (Wildman–Crippen MR) is 80.3 cm³/mol. The average molecular weight is 283 g/mol. The topological polar surface area (TPSA) is 46.3 Å². The quantitative estimate of drug-likeness (QED) is 0.907. The van der Waals surface area contributed by atoms with Crippen molar-refractivity contribution in [3.8, 4) is 0 Å². The van der Waals surface area contributed by atoms with Crippen molar-refractivity contribution < 1.29 is 4.79 Å². The van der Waals surface area contributed by atoms with Gasteiger partial charge in [-0.05, 0) is 25.3 Å². The van der Waals surface area contributed by atoms with Crippen molar-refractivity contribution >= 4 is 18.3 Å². The van der Waals surface area contributed by atoms with Gasteiger partial charge in [0.2, 0.25) is 5.91 Å². The predicted octanol–water partition coefficient (Wildman–Crippen LogP) is 2.90. The molecule has 2 atom stereocenters. The summed E-state index contributed by atoms with van der Waals surface area (Å²) in [5, 5.41) is 0. The average Bonchev–Trinajstić information content (AvgIpc) is 2.64. The Morgan fingerprint density at radius 1 is 1.26 bits per heavy atom. The fraction of sp³-hybridized carbons (Fsp3) is 0.533. The van der Waals surface area contributed by atoms with Crippen LogP contribution in [0.25, 0.3) is 0 Å². The van der Waals surface area contributed by atoms with E-state index in [1.165, 1.54) is 18.4 Å².